The highest BCUT2D eigenvalue weighted by Gasteiger charge is 2.42. The summed E-state index contributed by atoms with van der Waals surface area (Å²) in [6.45, 7) is 8.71. The minimum Gasteiger partial charge on any atom is -0.452 e. The summed E-state index contributed by atoms with van der Waals surface area (Å²) in [4.78, 5) is 83.8. The number of aliphatic hydroxyl groups excluding tert-OH is 1. The van der Waals surface area contributed by atoms with Gasteiger partial charge in [-0.1, -0.05) is 27.7 Å². The van der Waals surface area contributed by atoms with Crippen LogP contribution in [0.4, 0.5) is 0 Å². The lowest BCUT2D eigenvalue weighted by atomic mass is 9.97. The molecule has 0 aromatic rings. The first-order chi connectivity index (χ1) is 19.6. The molecule has 0 saturated carbocycles. The number of nitrogens with zero attached hydrogens (tertiary/aromatic N) is 3. The molecule has 2 fully saturated rings. The molecule has 0 bridgehead atoms. The normalized spacial score (nSPS) is 28.6. The van der Waals surface area contributed by atoms with Gasteiger partial charge in [-0.25, -0.2) is 0 Å². The molecule has 13 nitrogen and oxygen atoms in total. The molecule has 0 aliphatic carbocycles. The van der Waals surface area contributed by atoms with Crippen LogP contribution in [-0.4, -0.2) is 125 Å². The van der Waals surface area contributed by atoms with E-state index in [2.05, 4.69) is 10.6 Å². The van der Waals surface area contributed by atoms with Crippen molar-refractivity contribution in [1.82, 2.24) is 25.3 Å². The van der Waals surface area contributed by atoms with Gasteiger partial charge in [0.25, 0.3) is 5.91 Å². The van der Waals surface area contributed by atoms with E-state index in [9.17, 15) is 33.9 Å². The van der Waals surface area contributed by atoms with Crippen LogP contribution < -0.4 is 10.6 Å². The van der Waals surface area contributed by atoms with Crippen molar-refractivity contribution < 1.29 is 38.6 Å². The van der Waals surface area contributed by atoms with Crippen LogP contribution in [0.3, 0.4) is 0 Å². The van der Waals surface area contributed by atoms with Crippen molar-refractivity contribution in [2.75, 3.05) is 33.1 Å². The number of fused-ring (bicyclic) bond motifs is 1. The first-order valence-electron chi connectivity index (χ1n) is 14.5. The van der Waals surface area contributed by atoms with Crippen molar-refractivity contribution in [1.29, 1.82) is 0 Å². The van der Waals surface area contributed by atoms with Gasteiger partial charge in [-0.05, 0) is 31.6 Å². The average molecular weight is 616 g/mol. The number of hydrogen-bond acceptors (Lipinski definition) is 8. The van der Waals surface area contributed by atoms with Gasteiger partial charge in [0, 0.05) is 39.5 Å². The Morgan fingerprint density at radius 3 is 2.17 bits per heavy atom. The maximum Gasteiger partial charge on any atom is 0.308 e. The summed E-state index contributed by atoms with van der Waals surface area (Å²) in [5.74, 6) is -4.34. The summed E-state index contributed by atoms with van der Waals surface area (Å²) < 4.78 is 5.42. The fraction of sp³-hybridized carbons (Fsp3) is 0.786. The Bertz CT molecular complexity index is 1020. The highest BCUT2D eigenvalue weighted by Crippen LogP contribution is 2.23. The number of amides is 5. The van der Waals surface area contributed by atoms with Gasteiger partial charge in [-0.3, -0.25) is 28.8 Å². The fourth-order valence-electron chi connectivity index (χ4n) is 5.24. The van der Waals surface area contributed by atoms with Crippen molar-refractivity contribution in [3.05, 3.63) is 0 Å². The van der Waals surface area contributed by atoms with Crippen molar-refractivity contribution in [2.45, 2.75) is 96.7 Å². The molecule has 0 spiro atoms. The van der Waals surface area contributed by atoms with E-state index in [1.165, 1.54) is 35.7 Å². The van der Waals surface area contributed by atoms with Gasteiger partial charge in [-0.15, -0.1) is 11.6 Å². The molecule has 14 heteroatoms. The van der Waals surface area contributed by atoms with Crippen LogP contribution in [0, 0.1) is 11.8 Å². The number of carbonyl (C=O) groups excluding carboxylic acids is 6. The highest BCUT2D eigenvalue weighted by molar-refractivity contribution is 6.18. The number of esters is 1. The van der Waals surface area contributed by atoms with E-state index in [4.69, 9.17) is 16.3 Å². The fourth-order valence-corrected chi connectivity index (χ4v) is 5.37. The van der Waals surface area contributed by atoms with E-state index in [1.54, 1.807) is 27.7 Å². The quantitative estimate of drug-likeness (QED) is 0.284. The third-order valence-corrected chi connectivity index (χ3v) is 8.22. The van der Waals surface area contributed by atoms with Gasteiger partial charge in [-0.2, -0.15) is 0 Å². The first kappa shape index (κ1) is 35.3. The van der Waals surface area contributed by atoms with Gasteiger partial charge in [0.15, 0.2) is 6.10 Å². The molecule has 42 heavy (non-hydrogen) atoms. The first-order valence-corrected chi connectivity index (χ1v) is 15.0. The summed E-state index contributed by atoms with van der Waals surface area (Å²) >= 11 is 5.75. The minimum absolute atomic E-state index is 0.125. The Labute approximate surface area is 252 Å². The molecule has 5 amide bonds. The molecule has 2 saturated heterocycles. The van der Waals surface area contributed by atoms with Gasteiger partial charge < -0.3 is 35.2 Å². The molecule has 238 valence electrons. The van der Waals surface area contributed by atoms with E-state index in [0.29, 0.717) is 12.8 Å². The Hall–Kier alpha value is -2.93. The number of rotatable bonds is 5. The van der Waals surface area contributed by atoms with Gasteiger partial charge in [0.05, 0.1) is 12.5 Å². The molecular weight excluding hydrogens is 570 g/mol. The van der Waals surface area contributed by atoms with Crippen LogP contribution in [-0.2, 0) is 33.5 Å². The number of likely N-dealkylation sites (N-methyl/N-ethyl adjacent to an activating group) is 2. The number of nitrogens with one attached hydrogen (secondary N) is 2. The van der Waals surface area contributed by atoms with Gasteiger partial charge in [0.2, 0.25) is 23.6 Å². The lowest BCUT2D eigenvalue weighted by Crippen LogP contribution is -2.60. The second kappa shape index (κ2) is 15.5. The summed E-state index contributed by atoms with van der Waals surface area (Å²) in [7, 11) is 2.96. The SMILES string of the molecule is CC(C)[C@@H]1NC(=O)[C@@H]2CCCN2C(=O)[C@@H](C[C@H](O)CCl)OC(=O)CCNC(=O)[C@H](C)N(C)C(=O)[C@H](C(C)C)N(C)C1=O. The summed E-state index contributed by atoms with van der Waals surface area (Å²) in [6, 6.07) is -3.79. The number of hydrogen-bond donors (Lipinski definition) is 3. The summed E-state index contributed by atoms with van der Waals surface area (Å²) in [6.07, 6.45) is -2.27. The van der Waals surface area contributed by atoms with Crippen LogP contribution in [0.5, 0.6) is 0 Å². The number of ether oxygens (including phenoxy) is 1. The van der Waals surface area contributed by atoms with E-state index in [1.807, 2.05) is 0 Å². The van der Waals surface area contributed by atoms with Crippen LogP contribution in [0.25, 0.3) is 0 Å². The van der Waals surface area contributed by atoms with E-state index >= 15 is 0 Å². The lowest BCUT2D eigenvalue weighted by Gasteiger charge is -2.37. The molecule has 0 unspecified atom stereocenters. The number of cyclic esters (lactones) is 1. The molecular formula is C28H46ClN5O8. The Kier molecular flexibility index (Phi) is 13.0. The Morgan fingerprint density at radius 2 is 1.60 bits per heavy atom. The lowest BCUT2D eigenvalue weighted by molar-refractivity contribution is -0.163. The van der Waals surface area contributed by atoms with Crippen LogP contribution in [0.1, 0.15) is 60.3 Å². The van der Waals surface area contributed by atoms with Crippen molar-refractivity contribution in [2.24, 2.45) is 11.8 Å². The Morgan fingerprint density at radius 1 is 0.952 bits per heavy atom. The van der Waals surface area contributed by atoms with E-state index < -0.39 is 71.9 Å². The molecule has 6 atom stereocenters. The van der Waals surface area contributed by atoms with Crippen molar-refractivity contribution >= 4 is 47.1 Å². The molecule has 2 aliphatic heterocycles. The molecule has 0 radical (unpaired) electrons. The number of carbonyl (C=O) groups is 6. The molecule has 0 aromatic carbocycles. The van der Waals surface area contributed by atoms with Gasteiger partial charge >= 0.3 is 5.97 Å². The van der Waals surface area contributed by atoms with Crippen LogP contribution in [0.15, 0.2) is 0 Å². The minimum atomic E-state index is -1.40. The predicted octanol–water partition coefficient (Wildman–Crippen LogP) is -0.130. The zero-order valence-electron chi connectivity index (χ0n) is 25.6. The van der Waals surface area contributed by atoms with Crippen molar-refractivity contribution in [3.63, 3.8) is 0 Å². The maximum absolute atomic E-state index is 13.8. The molecule has 2 aliphatic rings. The molecule has 3 N–H and O–H groups in total. The van der Waals surface area contributed by atoms with E-state index in [-0.39, 0.29) is 43.6 Å². The predicted molar refractivity (Wildman–Crippen MR) is 154 cm³/mol. The number of halogens is 1. The smallest absolute Gasteiger partial charge is 0.308 e. The number of aliphatic hydroxyl groups is 1. The van der Waals surface area contributed by atoms with Gasteiger partial charge in [0.1, 0.15) is 24.2 Å². The third-order valence-electron chi connectivity index (χ3n) is 7.87. The molecule has 2 rings (SSSR count). The van der Waals surface area contributed by atoms with Crippen LogP contribution >= 0.6 is 11.6 Å². The molecule has 0 aromatic heterocycles. The summed E-state index contributed by atoms with van der Waals surface area (Å²) in [5, 5.41) is 15.5. The standard InChI is InChI=1S/C28H46ClN5O8/c1-15(2)22-27(40)33(7)23(16(3)4)28(41)32(6)17(5)24(37)30-11-10-21(36)42-20(13-18(35)14-29)26(39)34-12-8-9-19(34)25(38)31-22/h15-20,22-23,35H,8-14H2,1-7H3,(H,30,37)(H,31,38)/t17-,18-,19-,20+,22-,23-/m0/s1. The van der Waals surface area contributed by atoms with Crippen LogP contribution in [0.2, 0.25) is 0 Å². The second-order valence-corrected chi connectivity index (χ2v) is 12.1. The zero-order chi connectivity index (χ0) is 31.9. The summed E-state index contributed by atoms with van der Waals surface area (Å²) in [5.41, 5.74) is 0. The maximum atomic E-state index is 13.8. The van der Waals surface area contributed by atoms with Crippen molar-refractivity contribution in [3.8, 4) is 0 Å². The highest BCUT2D eigenvalue weighted by atomic mass is 35.5. The second-order valence-electron chi connectivity index (χ2n) is 11.7. The Balaban J connectivity index is 2.51. The van der Waals surface area contributed by atoms with E-state index in [0.717, 1.165) is 0 Å². The number of alkyl halides is 1. The average Bonchev–Trinajstić information content (AvgIpc) is 3.43. The molecule has 2 heterocycles. The topological polar surface area (TPSA) is 166 Å². The largest absolute Gasteiger partial charge is 0.452 e. The zero-order valence-corrected chi connectivity index (χ0v) is 26.3. The monoisotopic (exact) mass is 615 g/mol. The third kappa shape index (κ3) is 8.56.